The molecule has 0 aliphatic heterocycles. The Balaban J connectivity index is 1.83. The van der Waals surface area contributed by atoms with E-state index < -0.39 is 27.9 Å². The van der Waals surface area contributed by atoms with Gasteiger partial charge in [-0.25, -0.2) is 13.2 Å². The molecular formula is C26H28N2O6S. The fourth-order valence-corrected chi connectivity index (χ4v) is 4.72. The predicted octanol–water partition coefficient (Wildman–Crippen LogP) is 3.71. The van der Waals surface area contributed by atoms with E-state index in [0.717, 1.165) is 5.56 Å². The van der Waals surface area contributed by atoms with E-state index in [0.29, 0.717) is 22.6 Å². The first-order valence-electron chi connectivity index (χ1n) is 11.0. The number of hydrogen-bond donors (Lipinski definition) is 2. The van der Waals surface area contributed by atoms with Crippen molar-refractivity contribution in [3.63, 3.8) is 0 Å². The van der Waals surface area contributed by atoms with Gasteiger partial charge in [-0.3, -0.25) is 4.79 Å². The van der Waals surface area contributed by atoms with E-state index in [4.69, 9.17) is 9.47 Å². The number of methoxy groups -OCH3 is 1. The van der Waals surface area contributed by atoms with Crippen LogP contribution in [0.4, 0.5) is 5.69 Å². The van der Waals surface area contributed by atoms with E-state index in [1.807, 2.05) is 30.3 Å². The average Bonchev–Trinajstić information content (AvgIpc) is 2.84. The minimum atomic E-state index is -4.02. The number of ether oxygens (including phenoxy) is 2. The third kappa shape index (κ3) is 6.91. The third-order valence-corrected chi connectivity index (χ3v) is 6.71. The second-order valence-corrected chi connectivity index (χ2v) is 9.50. The van der Waals surface area contributed by atoms with Gasteiger partial charge in [-0.2, -0.15) is 4.72 Å². The van der Waals surface area contributed by atoms with E-state index in [2.05, 4.69) is 10.0 Å². The molecule has 0 aromatic heterocycles. The van der Waals surface area contributed by atoms with Gasteiger partial charge in [0.2, 0.25) is 15.9 Å². The van der Waals surface area contributed by atoms with E-state index in [-0.39, 0.29) is 17.9 Å². The topological polar surface area (TPSA) is 111 Å². The number of sulfonamides is 1. The summed E-state index contributed by atoms with van der Waals surface area (Å²) in [6.45, 7) is 3.71. The Morgan fingerprint density at radius 2 is 1.66 bits per heavy atom. The number of rotatable bonds is 10. The molecule has 0 bridgehead atoms. The van der Waals surface area contributed by atoms with Crippen LogP contribution in [0.1, 0.15) is 28.4 Å². The van der Waals surface area contributed by atoms with Gasteiger partial charge in [0, 0.05) is 5.69 Å². The van der Waals surface area contributed by atoms with Crippen molar-refractivity contribution in [1.82, 2.24) is 4.72 Å². The Labute approximate surface area is 205 Å². The van der Waals surface area contributed by atoms with Gasteiger partial charge in [0.05, 0.1) is 24.2 Å². The second-order valence-electron chi connectivity index (χ2n) is 7.78. The van der Waals surface area contributed by atoms with Crippen LogP contribution in [-0.2, 0) is 26.0 Å². The van der Waals surface area contributed by atoms with Crippen LogP contribution < -0.4 is 14.8 Å². The van der Waals surface area contributed by atoms with Crippen LogP contribution in [0.2, 0.25) is 0 Å². The molecule has 0 aliphatic carbocycles. The molecule has 8 nitrogen and oxygen atoms in total. The van der Waals surface area contributed by atoms with Crippen molar-refractivity contribution in [1.29, 1.82) is 0 Å². The first kappa shape index (κ1) is 25.9. The van der Waals surface area contributed by atoms with E-state index in [9.17, 15) is 18.0 Å². The number of hydrogen-bond acceptors (Lipinski definition) is 6. The van der Waals surface area contributed by atoms with E-state index in [1.54, 1.807) is 32.0 Å². The van der Waals surface area contributed by atoms with Crippen molar-refractivity contribution in [2.24, 2.45) is 0 Å². The van der Waals surface area contributed by atoms with Gasteiger partial charge in [-0.1, -0.05) is 30.3 Å². The molecule has 1 amide bonds. The van der Waals surface area contributed by atoms with Gasteiger partial charge in [0.1, 0.15) is 11.8 Å². The monoisotopic (exact) mass is 496 g/mol. The maximum Gasteiger partial charge on any atom is 0.338 e. The lowest BCUT2D eigenvalue weighted by Crippen LogP contribution is -2.45. The zero-order valence-electron chi connectivity index (χ0n) is 19.8. The van der Waals surface area contributed by atoms with Crippen LogP contribution in [-0.4, -0.2) is 40.1 Å². The molecule has 3 aromatic rings. The van der Waals surface area contributed by atoms with Crippen LogP contribution in [0.25, 0.3) is 0 Å². The maximum absolute atomic E-state index is 13.2. The summed E-state index contributed by atoms with van der Waals surface area (Å²) in [5.41, 5.74) is 2.21. The molecule has 35 heavy (non-hydrogen) atoms. The SMILES string of the molecule is CCOC(=O)c1ccc(NC(=O)C(Cc2ccccc2)NS(=O)(=O)c2ccc(OC)c(C)c2)cc1. The normalized spacial score (nSPS) is 12.0. The van der Waals surface area contributed by atoms with Crippen molar-refractivity contribution >= 4 is 27.6 Å². The van der Waals surface area contributed by atoms with Gasteiger partial charge in [0.25, 0.3) is 0 Å². The van der Waals surface area contributed by atoms with Gasteiger partial charge < -0.3 is 14.8 Å². The summed E-state index contributed by atoms with van der Waals surface area (Å²) in [5.74, 6) is -0.435. The Morgan fingerprint density at radius 3 is 2.26 bits per heavy atom. The van der Waals surface area contributed by atoms with E-state index in [1.165, 1.54) is 31.4 Å². The zero-order valence-corrected chi connectivity index (χ0v) is 20.6. The molecule has 184 valence electrons. The summed E-state index contributed by atoms with van der Waals surface area (Å²) in [5, 5.41) is 2.73. The van der Waals surface area contributed by atoms with Gasteiger partial charge in [0.15, 0.2) is 0 Å². The summed E-state index contributed by atoms with van der Waals surface area (Å²) in [4.78, 5) is 25.0. The number of nitrogens with one attached hydrogen (secondary N) is 2. The number of benzene rings is 3. The Hall–Kier alpha value is -3.69. The van der Waals surface area contributed by atoms with Gasteiger partial charge in [-0.05, 0) is 73.9 Å². The first-order valence-corrected chi connectivity index (χ1v) is 12.5. The smallest absolute Gasteiger partial charge is 0.338 e. The summed E-state index contributed by atoms with van der Waals surface area (Å²) >= 11 is 0. The number of anilines is 1. The minimum absolute atomic E-state index is 0.0282. The highest BCUT2D eigenvalue weighted by Gasteiger charge is 2.27. The van der Waals surface area contributed by atoms with Crippen LogP contribution in [0.3, 0.4) is 0 Å². The number of amides is 1. The summed E-state index contributed by atoms with van der Waals surface area (Å²) in [7, 11) is -2.51. The molecule has 0 spiro atoms. The lowest BCUT2D eigenvalue weighted by molar-refractivity contribution is -0.117. The van der Waals surface area contributed by atoms with Crippen LogP contribution in [0.15, 0.2) is 77.7 Å². The molecule has 0 saturated carbocycles. The molecule has 0 heterocycles. The largest absolute Gasteiger partial charge is 0.496 e. The van der Waals surface area contributed by atoms with Crippen LogP contribution >= 0.6 is 0 Å². The molecule has 2 N–H and O–H groups in total. The van der Waals surface area contributed by atoms with Crippen molar-refractivity contribution < 1.29 is 27.5 Å². The third-order valence-electron chi connectivity index (χ3n) is 5.24. The molecule has 3 rings (SSSR count). The molecule has 1 atom stereocenters. The highest BCUT2D eigenvalue weighted by atomic mass is 32.2. The molecule has 1 unspecified atom stereocenters. The molecule has 0 saturated heterocycles. The summed E-state index contributed by atoms with van der Waals surface area (Å²) in [6.07, 6.45) is 0.141. The number of aryl methyl sites for hydroxylation is 1. The molecular weight excluding hydrogens is 468 g/mol. The van der Waals surface area contributed by atoms with Crippen molar-refractivity contribution in [3.05, 3.63) is 89.5 Å². The van der Waals surface area contributed by atoms with Crippen molar-refractivity contribution in [3.8, 4) is 5.75 Å². The fraction of sp³-hybridized carbons (Fsp3) is 0.231. The molecule has 0 fully saturated rings. The fourth-order valence-electron chi connectivity index (χ4n) is 3.44. The average molecular weight is 497 g/mol. The van der Waals surface area contributed by atoms with Gasteiger partial charge >= 0.3 is 5.97 Å². The Bertz CT molecular complexity index is 1270. The molecule has 0 aliphatic rings. The minimum Gasteiger partial charge on any atom is -0.496 e. The summed E-state index contributed by atoms with van der Waals surface area (Å²) in [6, 6.07) is 18.7. The second kappa shape index (κ2) is 11.6. The number of carbonyl (C=O) groups excluding carboxylic acids is 2. The molecule has 9 heteroatoms. The van der Waals surface area contributed by atoms with Crippen molar-refractivity contribution in [2.75, 3.05) is 19.0 Å². The molecule has 3 aromatic carbocycles. The highest BCUT2D eigenvalue weighted by Crippen LogP contribution is 2.22. The van der Waals surface area contributed by atoms with Crippen molar-refractivity contribution in [2.45, 2.75) is 31.2 Å². The van der Waals surface area contributed by atoms with Crippen LogP contribution in [0, 0.1) is 6.92 Å². The first-order chi connectivity index (χ1) is 16.7. The number of carbonyl (C=O) groups is 2. The standard InChI is InChI=1S/C26H28N2O6S/c1-4-34-26(30)20-10-12-21(13-11-20)27-25(29)23(17-19-8-6-5-7-9-19)28-35(31,32)22-14-15-24(33-3)18(2)16-22/h5-16,23,28H,4,17H2,1-3H3,(H,27,29). The zero-order chi connectivity index (χ0) is 25.4. The lowest BCUT2D eigenvalue weighted by atomic mass is 10.1. The lowest BCUT2D eigenvalue weighted by Gasteiger charge is -2.19. The Kier molecular flexibility index (Phi) is 8.62. The summed E-state index contributed by atoms with van der Waals surface area (Å²) < 4.78 is 39.0. The highest BCUT2D eigenvalue weighted by molar-refractivity contribution is 7.89. The van der Waals surface area contributed by atoms with Gasteiger partial charge in [-0.15, -0.1) is 0 Å². The number of esters is 1. The van der Waals surface area contributed by atoms with E-state index >= 15 is 0 Å². The van der Waals surface area contributed by atoms with Crippen LogP contribution in [0.5, 0.6) is 5.75 Å². The maximum atomic E-state index is 13.2. The molecule has 0 radical (unpaired) electrons. The quantitative estimate of drug-likeness (QED) is 0.414. The Morgan fingerprint density at radius 1 is 0.971 bits per heavy atom. The predicted molar refractivity (Wildman–Crippen MR) is 133 cm³/mol.